The molecule has 1 aromatic rings. The van der Waals surface area contributed by atoms with E-state index < -0.39 is 10.0 Å². The fourth-order valence-corrected chi connectivity index (χ4v) is 3.01. The lowest BCUT2D eigenvalue weighted by atomic mass is 10.1. The van der Waals surface area contributed by atoms with Crippen molar-refractivity contribution in [1.29, 1.82) is 0 Å². The van der Waals surface area contributed by atoms with Crippen LogP contribution in [0.4, 0.5) is 0 Å². The Bertz CT molecular complexity index is 812. The van der Waals surface area contributed by atoms with Crippen molar-refractivity contribution < 1.29 is 13.2 Å². The predicted molar refractivity (Wildman–Crippen MR) is 90.4 cm³/mol. The molecule has 0 spiro atoms. The molecule has 0 radical (unpaired) electrons. The van der Waals surface area contributed by atoms with Gasteiger partial charge in [0.25, 0.3) is 15.9 Å². The van der Waals surface area contributed by atoms with Crippen LogP contribution < -0.4 is 0 Å². The van der Waals surface area contributed by atoms with Crippen molar-refractivity contribution >= 4 is 54.9 Å². The third kappa shape index (κ3) is 4.22. The molecule has 5 nitrogen and oxygen atoms in total. The summed E-state index contributed by atoms with van der Waals surface area (Å²) >= 11 is 9.01. The molecule has 0 unspecified atom stereocenters. The van der Waals surface area contributed by atoms with E-state index >= 15 is 0 Å². The zero-order chi connectivity index (χ0) is 16.2. The zero-order valence-electron chi connectivity index (χ0n) is 11.1. The summed E-state index contributed by atoms with van der Waals surface area (Å²) in [6, 6.07) is 7.83. The monoisotopic (exact) mass is 400 g/mol. The molecule has 0 saturated carbocycles. The molecule has 114 valence electrons. The number of hydrogen-bond acceptors (Lipinski definition) is 3. The highest BCUT2D eigenvalue weighted by Gasteiger charge is 2.16. The maximum Gasteiger partial charge on any atom is 0.282 e. The first-order chi connectivity index (χ1) is 10.4. The summed E-state index contributed by atoms with van der Waals surface area (Å²) in [5, 5.41) is 0.196. The molecule has 0 heterocycles. The smallest absolute Gasteiger partial charge is 0.272 e. The fourth-order valence-electron chi connectivity index (χ4n) is 1.59. The van der Waals surface area contributed by atoms with E-state index in [4.69, 9.17) is 11.6 Å². The van der Waals surface area contributed by atoms with Crippen LogP contribution in [0.1, 0.15) is 0 Å². The molecule has 1 aromatic carbocycles. The van der Waals surface area contributed by atoms with Gasteiger partial charge in [0.2, 0.25) is 0 Å². The van der Waals surface area contributed by atoms with E-state index in [-0.39, 0.29) is 26.9 Å². The minimum absolute atomic E-state index is 0.0781. The largest absolute Gasteiger partial charge is 0.282 e. The Hall–Kier alpha value is -1.57. The molecule has 2 rings (SSSR count). The number of sulfonamides is 1. The third-order valence-electron chi connectivity index (χ3n) is 2.56. The standard InChI is InChI=1S/C14H10BrClN2O3S/c15-9-14(19)17-10-6-7-13(12(16)8-10)18-22(20,21)11-4-2-1-3-5-11/h1-8H,9H2/b17-10?,18-13-. The number of rotatable bonds is 3. The van der Waals surface area contributed by atoms with Crippen molar-refractivity contribution in [2.45, 2.75) is 4.90 Å². The zero-order valence-corrected chi connectivity index (χ0v) is 14.3. The average molecular weight is 402 g/mol. The number of nitrogens with zero attached hydrogens (tertiary/aromatic N) is 2. The van der Waals surface area contributed by atoms with Crippen molar-refractivity contribution in [3.63, 3.8) is 0 Å². The van der Waals surface area contributed by atoms with Gasteiger partial charge >= 0.3 is 0 Å². The average Bonchev–Trinajstić information content (AvgIpc) is 2.50. The highest BCUT2D eigenvalue weighted by atomic mass is 79.9. The van der Waals surface area contributed by atoms with Gasteiger partial charge in [-0.15, -0.1) is 0 Å². The minimum atomic E-state index is -3.84. The lowest BCUT2D eigenvalue weighted by Gasteiger charge is -2.06. The second-order valence-electron chi connectivity index (χ2n) is 4.15. The van der Waals surface area contributed by atoms with Gasteiger partial charge in [-0.3, -0.25) is 4.79 Å². The van der Waals surface area contributed by atoms with E-state index in [0.29, 0.717) is 5.71 Å². The van der Waals surface area contributed by atoms with Crippen molar-refractivity contribution in [2.75, 3.05) is 5.33 Å². The lowest BCUT2D eigenvalue weighted by molar-refractivity contribution is -0.115. The Morgan fingerprint density at radius 3 is 2.45 bits per heavy atom. The summed E-state index contributed by atoms with van der Waals surface area (Å²) in [5.74, 6) is -0.363. The van der Waals surface area contributed by atoms with Gasteiger partial charge in [-0.25, -0.2) is 4.99 Å². The van der Waals surface area contributed by atoms with E-state index in [9.17, 15) is 13.2 Å². The van der Waals surface area contributed by atoms with Crippen molar-refractivity contribution in [2.24, 2.45) is 9.39 Å². The molecule has 0 atom stereocenters. The first kappa shape index (κ1) is 16.8. The number of aliphatic imine (C=N–C) groups is 1. The van der Waals surface area contributed by atoms with Crippen LogP contribution in [0.3, 0.4) is 0 Å². The number of alkyl halides is 1. The van der Waals surface area contributed by atoms with Gasteiger partial charge in [0.1, 0.15) is 0 Å². The van der Waals surface area contributed by atoms with Crippen LogP contribution in [-0.2, 0) is 14.8 Å². The van der Waals surface area contributed by atoms with Gasteiger partial charge in [0.15, 0.2) is 0 Å². The van der Waals surface area contributed by atoms with Crippen LogP contribution in [-0.4, -0.2) is 31.1 Å². The highest BCUT2D eigenvalue weighted by molar-refractivity contribution is 9.09. The van der Waals surface area contributed by atoms with Crippen LogP contribution in [0.5, 0.6) is 0 Å². The quantitative estimate of drug-likeness (QED) is 0.577. The van der Waals surface area contributed by atoms with E-state index in [1.165, 1.54) is 30.4 Å². The van der Waals surface area contributed by atoms with Crippen molar-refractivity contribution in [1.82, 2.24) is 0 Å². The molecule has 0 saturated heterocycles. The molecule has 1 amide bonds. The molecule has 0 bridgehead atoms. The van der Waals surface area contributed by atoms with Crippen molar-refractivity contribution in [3.05, 3.63) is 53.6 Å². The van der Waals surface area contributed by atoms with Crippen LogP contribution in [0, 0.1) is 0 Å². The van der Waals surface area contributed by atoms with Gasteiger partial charge < -0.3 is 0 Å². The highest BCUT2D eigenvalue weighted by Crippen LogP contribution is 2.17. The number of benzene rings is 1. The van der Waals surface area contributed by atoms with Gasteiger partial charge in [-0.05, 0) is 30.4 Å². The molecule has 0 aliphatic heterocycles. The predicted octanol–water partition coefficient (Wildman–Crippen LogP) is 2.87. The van der Waals surface area contributed by atoms with Crippen LogP contribution >= 0.6 is 27.5 Å². The summed E-state index contributed by atoms with van der Waals surface area (Å²) in [5.41, 5.74) is 0.432. The number of allylic oxidation sites excluding steroid dienone is 4. The maximum atomic E-state index is 12.2. The Morgan fingerprint density at radius 2 is 1.86 bits per heavy atom. The summed E-state index contributed by atoms with van der Waals surface area (Å²) in [7, 11) is -3.84. The Balaban J connectivity index is 2.33. The van der Waals surface area contributed by atoms with E-state index in [1.54, 1.807) is 18.2 Å². The molecule has 22 heavy (non-hydrogen) atoms. The summed E-state index contributed by atoms with van der Waals surface area (Å²) in [6.07, 6.45) is 4.27. The molecule has 0 aromatic heterocycles. The Morgan fingerprint density at radius 1 is 1.18 bits per heavy atom. The van der Waals surface area contributed by atoms with Crippen LogP contribution in [0.15, 0.2) is 67.9 Å². The number of carbonyl (C=O) groups excluding carboxylic acids is 1. The molecule has 1 aliphatic carbocycles. The van der Waals surface area contributed by atoms with E-state index in [2.05, 4.69) is 25.3 Å². The molecule has 0 fully saturated rings. The minimum Gasteiger partial charge on any atom is -0.272 e. The van der Waals surface area contributed by atoms with Gasteiger partial charge in [0.05, 0.1) is 26.7 Å². The number of hydrogen-bond donors (Lipinski definition) is 0. The molecule has 8 heteroatoms. The fraction of sp³-hybridized carbons (Fsp3) is 0.0714. The van der Waals surface area contributed by atoms with E-state index in [1.807, 2.05) is 0 Å². The first-order valence-corrected chi connectivity index (χ1v) is 8.99. The number of amides is 1. The summed E-state index contributed by atoms with van der Waals surface area (Å²) in [4.78, 5) is 15.1. The normalized spacial score (nSPS) is 18.5. The van der Waals surface area contributed by atoms with E-state index in [0.717, 1.165) is 0 Å². The first-order valence-electron chi connectivity index (χ1n) is 6.05. The molecular formula is C14H10BrClN2O3S. The van der Waals surface area contributed by atoms with Crippen LogP contribution in [0.2, 0.25) is 0 Å². The van der Waals surface area contributed by atoms with Gasteiger partial charge in [0, 0.05) is 0 Å². The van der Waals surface area contributed by atoms with Gasteiger partial charge in [-0.1, -0.05) is 45.7 Å². The van der Waals surface area contributed by atoms with Crippen LogP contribution in [0.25, 0.3) is 0 Å². The number of halogens is 2. The molecule has 1 aliphatic rings. The lowest BCUT2D eigenvalue weighted by Crippen LogP contribution is -2.09. The topological polar surface area (TPSA) is 75.9 Å². The molecular weight excluding hydrogens is 392 g/mol. The third-order valence-corrected chi connectivity index (χ3v) is 4.65. The second-order valence-corrected chi connectivity index (χ2v) is 6.73. The second kappa shape index (κ2) is 7.13. The Labute approximate surface area is 141 Å². The summed E-state index contributed by atoms with van der Waals surface area (Å²) < 4.78 is 28.0. The Kier molecular flexibility index (Phi) is 5.44. The summed E-state index contributed by atoms with van der Waals surface area (Å²) in [6.45, 7) is 0. The van der Waals surface area contributed by atoms with Crippen molar-refractivity contribution in [3.8, 4) is 0 Å². The maximum absolute atomic E-state index is 12.2. The number of carbonyl (C=O) groups is 1. The van der Waals surface area contributed by atoms with Gasteiger partial charge in [-0.2, -0.15) is 12.8 Å². The SMILES string of the molecule is O=C(CBr)N=C1C=C/C(=N/S(=O)(=O)c2ccccc2)C(Cl)=C1. The molecule has 0 N–H and O–H groups in total.